The monoisotopic (exact) mass is 362 g/mol. The normalized spacial score (nSPS) is 12.9. The summed E-state index contributed by atoms with van der Waals surface area (Å²) in [5.41, 5.74) is 0. The number of unbranched alkanes of at least 4 members (excludes halogenated alkanes) is 3. The van der Waals surface area contributed by atoms with Crippen LogP contribution in [0.15, 0.2) is 60.7 Å². The predicted octanol–water partition coefficient (Wildman–Crippen LogP) is 3.52. The molecule has 0 aromatic heterocycles. The molecular weight excluding hydrogens is 336 g/mol. The molecule has 0 bridgehead atoms. The van der Waals surface area contributed by atoms with Gasteiger partial charge in [0.1, 0.15) is 0 Å². The Hall–Kier alpha value is -1.12. The first kappa shape index (κ1) is 18.2. The van der Waals surface area contributed by atoms with Crippen LogP contribution in [0.25, 0.3) is 0 Å². The van der Waals surface area contributed by atoms with Gasteiger partial charge in [-0.05, 0) is 0 Å². The van der Waals surface area contributed by atoms with Crippen LogP contribution in [-0.4, -0.2) is 17.8 Å². The van der Waals surface area contributed by atoms with Crippen molar-refractivity contribution in [2.45, 2.75) is 45.1 Å². The fourth-order valence-corrected chi connectivity index (χ4v) is 4.08. The second-order valence-electron chi connectivity index (χ2n) is 5.46. The van der Waals surface area contributed by atoms with Crippen LogP contribution < -0.4 is 8.92 Å². The van der Waals surface area contributed by atoms with Crippen LogP contribution in [0.5, 0.6) is 0 Å². The minimum absolute atomic E-state index is 0.361. The fourth-order valence-electron chi connectivity index (χ4n) is 2.18. The zero-order valence-corrected chi connectivity index (χ0v) is 14.7. The van der Waals surface area contributed by atoms with Crippen molar-refractivity contribution in [3.05, 3.63) is 60.7 Å². The molecule has 0 amide bonds. The van der Waals surface area contributed by atoms with Gasteiger partial charge in [-0.15, -0.1) is 0 Å². The van der Waals surface area contributed by atoms with Crippen molar-refractivity contribution in [1.82, 2.24) is 0 Å². The van der Waals surface area contributed by atoms with Gasteiger partial charge in [0.15, 0.2) is 0 Å². The maximum atomic E-state index is 10.2. The molecule has 0 spiro atoms. The number of benzene rings is 2. The summed E-state index contributed by atoms with van der Waals surface area (Å²) in [4.78, 5) is 0. The van der Waals surface area contributed by atoms with Crippen LogP contribution >= 0.6 is 0 Å². The summed E-state index contributed by atoms with van der Waals surface area (Å²) in [7, 11) is 0. The third-order valence-electron chi connectivity index (χ3n) is 3.45. The Labute approximate surface area is 144 Å². The van der Waals surface area contributed by atoms with Gasteiger partial charge < -0.3 is 0 Å². The molecule has 0 saturated heterocycles. The van der Waals surface area contributed by atoms with Crippen LogP contribution in [0.4, 0.5) is 0 Å². The van der Waals surface area contributed by atoms with E-state index in [4.69, 9.17) is 3.82 Å². The van der Waals surface area contributed by atoms with Gasteiger partial charge in [0.25, 0.3) is 0 Å². The first-order valence-corrected chi connectivity index (χ1v) is 9.64. The van der Waals surface area contributed by atoms with Crippen molar-refractivity contribution in [3.63, 3.8) is 0 Å². The van der Waals surface area contributed by atoms with E-state index >= 15 is 0 Å². The molecule has 130 valence electrons. The Morgan fingerprint density at radius 1 is 0.870 bits per heavy atom. The maximum absolute atomic E-state index is 10.2. The number of hydrogen-bond acceptors (Lipinski definition) is 2. The molecule has 23 heavy (non-hydrogen) atoms. The second-order valence-corrected chi connectivity index (χ2v) is 7.44. The van der Waals surface area contributed by atoms with Crippen LogP contribution in [0.1, 0.15) is 39.0 Å². The third-order valence-corrected chi connectivity index (χ3v) is 5.50. The number of aliphatic hydroxyl groups is 1. The van der Waals surface area contributed by atoms with Crippen LogP contribution in [0, 0.1) is 0 Å². The van der Waals surface area contributed by atoms with Gasteiger partial charge in [-0.3, -0.25) is 0 Å². The van der Waals surface area contributed by atoms with E-state index in [1.807, 2.05) is 36.4 Å². The van der Waals surface area contributed by atoms with Crippen LogP contribution in [0.2, 0.25) is 0 Å². The first-order chi connectivity index (χ1) is 11.3. The number of aliphatic hydroxyl groups excluding tert-OH is 1. The Kier molecular flexibility index (Phi) is 8.41. The molecule has 3 heteroatoms. The van der Waals surface area contributed by atoms with E-state index in [2.05, 4.69) is 31.2 Å². The van der Waals surface area contributed by atoms with Crippen molar-refractivity contribution < 1.29 is 23.2 Å². The Balaban J connectivity index is 1.94. The number of hydrogen-bond donors (Lipinski definition) is 1. The van der Waals surface area contributed by atoms with E-state index in [0.29, 0.717) is 6.61 Å². The van der Waals surface area contributed by atoms with E-state index in [9.17, 15) is 5.11 Å². The van der Waals surface area contributed by atoms with Gasteiger partial charge in [0, 0.05) is 0 Å². The quantitative estimate of drug-likeness (QED) is 0.517. The van der Waals surface area contributed by atoms with Gasteiger partial charge >= 0.3 is 144 Å². The van der Waals surface area contributed by atoms with Gasteiger partial charge in [-0.1, -0.05) is 0 Å². The van der Waals surface area contributed by atoms with Crippen molar-refractivity contribution in [2.24, 2.45) is 0 Å². The molecule has 2 rings (SSSR count). The van der Waals surface area contributed by atoms with Crippen molar-refractivity contribution >= 4 is 8.92 Å². The molecule has 2 aromatic carbocycles. The van der Waals surface area contributed by atoms with E-state index in [-0.39, 0.29) is 20.3 Å². The summed E-state index contributed by atoms with van der Waals surface area (Å²) >= 11 is -0.361. The molecular formula is C20H27CuO2. The van der Waals surface area contributed by atoms with Crippen molar-refractivity contribution in [2.75, 3.05) is 6.61 Å². The zero-order valence-electron chi connectivity index (χ0n) is 13.8. The molecule has 0 heterocycles. The summed E-state index contributed by atoms with van der Waals surface area (Å²) in [5.74, 6) is 0. The molecule has 0 radical (unpaired) electrons. The zero-order chi connectivity index (χ0) is 16.3. The predicted molar refractivity (Wildman–Crippen MR) is 92.9 cm³/mol. The van der Waals surface area contributed by atoms with Gasteiger partial charge in [0.05, 0.1) is 0 Å². The van der Waals surface area contributed by atoms with Gasteiger partial charge in [-0.2, -0.15) is 0 Å². The molecule has 0 aliphatic rings. The third kappa shape index (κ3) is 6.48. The SMILES string of the molecule is CCCCCCC(O)C[O][Cu]([c]1ccccc1)[c]1ccccc1. The number of rotatable bonds is 10. The minimum atomic E-state index is -0.382. The first-order valence-electron chi connectivity index (χ1n) is 8.32. The average Bonchev–Trinajstić information content (AvgIpc) is 2.61. The summed E-state index contributed by atoms with van der Waals surface area (Å²) in [5, 5.41) is 10.2. The summed E-state index contributed by atoms with van der Waals surface area (Å²) in [6, 6.07) is 20.5. The van der Waals surface area contributed by atoms with Gasteiger partial charge in [0.2, 0.25) is 0 Å². The van der Waals surface area contributed by atoms with E-state index < -0.39 is 0 Å². The summed E-state index contributed by atoms with van der Waals surface area (Å²) in [6.07, 6.45) is 5.16. The summed E-state index contributed by atoms with van der Waals surface area (Å²) < 4.78 is 8.39. The molecule has 0 fully saturated rings. The topological polar surface area (TPSA) is 29.5 Å². The molecule has 1 N–H and O–H groups in total. The van der Waals surface area contributed by atoms with Crippen molar-refractivity contribution in [1.29, 1.82) is 0 Å². The standard InChI is InChI=1S/C8H17O2.2C6H5.Cu/c1-2-3-4-5-6-8(10)7-9;2*1-2-4-6-5-3-1;/h8,10H,2-7H2,1H3;2*1-5H;/q-1;;;+1. The Morgan fingerprint density at radius 2 is 1.43 bits per heavy atom. The molecule has 1 atom stereocenters. The fraction of sp³-hybridized carbons (Fsp3) is 0.400. The van der Waals surface area contributed by atoms with Crippen molar-refractivity contribution in [3.8, 4) is 0 Å². The molecule has 1 unspecified atom stereocenters. The molecule has 0 aliphatic heterocycles. The van der Waals surface area contributed by atoms with Crippen LogP contribution in [-0.2, 0) is 18.0 Å². The van der Waals surface area contributed by atoms with Gasteiger partial charge in [-0.25, -0.2) is 0 Å². The molecule has 0 saturated carbocycles. The van der Waals surface area contributed by atoms with E-state index in [1.165, 1.54) is 19.3 Å². The van der Waals surface area contributed by atoms with E-state index in [0.717, 1.165) is 21.8 Å². The van der Waals surface area contributed by atoms with Crippen LogP contribution in [0.3, 0.4) is 0 Å². The second kappa shape index (κ2) is 10.6. The Morgan fingerprint density at radius 3 is 1.96 bits per heavy atom. The molecule has 2 nitrogen and oxygen atoms in total. The average molecular weight is 363 g/mol. The summed E-state index contributed by atoms with van der Waals surface area (Å²) in [6.45, 7) is 2.58. The van der Waals surface area contributed by atoms with E-state index in [1.54, 1.807) is 0 Å². The molecule has 0 aliphatic carbocycles. The Bertz CT molecular complexity index is 490. The molecule has 2 aromatic rings.